The average Bonchev–Trinajstić information content (AvgIpc) is 3.01. The monoisotopic (exact) mass is 532 g/mol. The van der Waals surface area contributed by atoms with Gasteiger partial charge in [0.15, 0.2) is 0 Å². The molecule has 0 saturated heterocycles. The van der Waals surface area contributed by atoms with Gasteiger partial charge in [-0.15, -0.1) is 0 Å². The number of anilines is 1. The molecule has 0 aliphatic heterocycles. The van der Waals surface area contributed by atoms with Gasteiger partial charge in [0.1, 0.15) is 5.82 Å². The smallest absolute Gasteiger partial charge is 0.237 e. The van der Waals surface area contributed by atoms with Gasteiger partial charge < -0.3 is 5.32 Å². The zero-order chi connectivity index (χ0) is 20.6. The van der Waals surface area contributed by atoms with E-state index in [-0.39, 0.29) is 0 Å². The van der Waals surface area contributed by atoms with Gasteiger partial charge in [-0.25, -0.2) is 12.4 Å². The molecule has 1 heterocycles. The van der Waals surface area contributed by atoms with E-state index in [1.54, 1.807) is 0 Å². The molecular weight excluding hydrogens is 516 g/mol. The summed E-state index contributed by atoms with van der Waals surface area (Å²) in [7, 11) is -3.53. The summed E-state index contributed by atoms with van der Waals surface area (Å²) >= 11 is 6.96. The van der Waals surface area contributed by atoms with Crippen LogP contribution in [0.1, 0.15) is 5.56 Å². The quantitative estimate of drug-likeness (QED) is 0.329. The van der Waals surface area contributed by atoms with Crippen LogP contribution in [0.15, 0.2) is 81.7 Å². The zero-order valence-electron chi connectivity index (χ0n) is 15.6. The van der Waals surface area contributed by atoms with Crippen LogP contribution >= 0.6 is 31.9 Å². The number of aromatic nitrogens is 1. The van der Waals surface area contributed by atoms with Crippen LogP contribution in [0.4, 0.5) is 5.82 Å². The molecule has 4 aromatic rings. The molecule has 0 amide bonds. The number of fused-ring (bicyclic) bond motifs is 1. The van der Waals surface area contributed by atoms with Gasteiger partial charge in [0.2, 0.25) is 10.0 Å². The molecule has 1 aromatic heterocycles. The number of nitrogens with zero attached hydrogens (tertiary/aromatic N) is 1. The van der Waals surface area contributed by atoms with Crippen LogP contribution in [0, 0.1) is 0 Å². The predicted octanol–water partition coefficient (Wildman–Crippen LogP) is 6.25. The maximum atomic E-state index is 12.7. The molecule has 7 heteroatoms. The molecule has 0 radical (unpaired) electrons. The highest BCUT2D eigenvalue weighted by atomic mass is 79.9. The number of hydrogen-bond acceptors (Lipinski definition) is 3. The molecule has 148 valence electrons. The third kappa shape index (κ3) is 4.13. The van der Waals surface area contributed by atoms with Crippen molar-refractivity contribution in [3.63, 3.8) is 0 Å². The van der Waals surface area contributed by atoms with E-state index in [4.69, 9.17) is 0 Å². The van der Waals surface area contributed by atoms with E-state index in [9.17, 15) is 8.42 Å². The molecule has 0 unspecified atom stereocenters. The number of para-hydroxylation sites is 1. The van der Waals surface area contributed by atoms with Gasteiger partial charge in [-0.2, -0.15) is 0 Å². The third-order valence-electron chi connectivity index (χ3n) is 4.65. The van der Waals surface area contributed by atoms with E-state index in [2.05, 4.69) is 37.2 Å². The summed E-state index contributed by atoms with van der Waals surface area (Å²) in [5.74, 6) is 0.566. The van der Waals surface area contributed by atoms with Crippen LogP contribution < -0.4 is 5.32 Å². The molecule has 3 aromatic carbocycles. The summed E-state index contributed by atoms with van der Waals surface area (Å²) in [5, 5.41) is 4.27. The van der Waals surface area contributed by atoms with Gasteiger partial charge in [-0.05, 0) is 41.5 Å². The minimum atomic E-state index is -3.53. The van der Waals surface area contributed by atoms with Gasteiger partial charge in [0.25, 0.3) is 0 Å². The fraction of sp³-hybridized carbons (Fsp3) is 0.0909. The molecule has 0 atom stereocenters. The van der Waals surface area contributed by atoms with Crippen LogP contribution in [0.2, 0.25) is 0 Å². The Morgan fingerprint density at radius 2 is 1.62 bits per heavy atom. The molecule has 4 nitrogen and oxygen atoms in total. The Labute approximate surface area is 186 Å². The fourth-order valence-electron chi connectivity index (χ4n) is 3.46. The molecule has 0 aliphatic carbocycles. The Morgan fingerprint density at radius 1 is 0.897 bits per heavy atom. The lowest BCUT2D eigenvalue weighted by molar-refractivity contribution is 0.595. The lowest BCUT2D eigenvalue weighted by Gasteiger charge is -2.13. The molecule has 0 bridgehead atoms. The molecular formula is C22H18Br2N2O2S. The number of rotatable bonds is 5. The predicted molar refractivity (Wildman–Crippen MR) is 127 cm³/mol. The highest BCUT2D eigenvalue weighted by molar-refractivity contribution is 9.10. The van der Waals surface area contributed by atoms with Crippen LogP contribution in [0.3, 0.4) is 0 Å². The largest absolute Gasteiger partial charge is 0.366 e. The Hall–Kier alpha value is -2.09. The highest BCUT2D eigenvalue weighted by Crippen LogP contribution is 2.40. The second-order valence-corrected chi connectivity index (χ2v) is 10.4. The summed E-state index contributed by atoms with van der Waals surface area (Å²) in [5.41, 5.74) is 3.52. The lowest BCUT2D eigenvalue weighted by atomic mass is 10.0. The van der Waals surface area contributed by atoms with Gasteiger partial charge in [-0.3, -0.25) is 0 Å². The first-order chi connectivity index (χ1) is 13.8. The first kappa shape index (κ1) is 20.2. The van der Waals surface area contributed by atoms with Crippen molar-refractivity contribution in [2.24, 2.45) is 0 Å². The minimum absolute atomic E-state index is 0.495. The molecule has 29 heavy (non-hydrogen) atoms. The summed E-state index contributed by atoms with van der Waals surface area (Å²) in [4.78, 5) is 0. The molecule has 0 aliphatic rings. The second kappa shape index (κ2) is 7.97. The zero-order valence-corrected chi connectivity index (χ0v) is 19.6. The van der Waals surface area contributed by atoms with Crippen LogP contribution in [0.25, 0.3) is 22.0 Å². The van der Waals surface area contributed by atoms with Crippen molar-refractivity contribution in [1.82, 2.24) is 3.97 Å². The fourth-order valence-corrected chi connectivity index (χ4v) is 5.17. The molecule has 1 N–H and O–H groups in total. The van der Waals surface area contributed by atoms with Crippen molar-refractivity contribution < 1.29 is 8.42 Å². The summed E-state index contributed by atoms with van der Waals surface area (Å²) in [6.45, 7) is 0.495. The van der Waals surface area contributed by atoms with Crippen molar-refractivity contribution in [2.75, 3.05) is 11.6 Å². The molecule has 0 spiro atoms. The van der Waals surface area contributed by atoms with Gasteiger partial charge >= 0.3 is 0 Å². The van der Waals surface area contributed by atoms with E-state index in [0.717, 1.165) is 31.0 Å². The maximum Gasteiger partial charge on any atom is 0.237 e. The number of halogens is 2. The Kier molecular flexibility index (Phi) is 5.55. The molecule has 0 saturated carbocycles. The minimum Gasteiger partial charge on any atom is -0.366 e. The van der Waals surface area contributed by atoms with Gasteiger partial charge in [-0.1, -0.05) is 74.3 Å². The van der Waals surface area contributed by atoms with E-state index < -0.39 is 10.0 Å². The first-order valence-corrected chi connectivity index (χ1v) is 12.4. The van der Waals surface area contributed by atoms with Gasteiger partial charge in [0, 0.05) is 26.4 Å². The molecule has 4 rings (SSSR count). The van der Waals surface area contributed by atoms with E-state index in [0.29, 0.717) is 17.9 Å². The Bertz CT molecular complexity index is 1300. The SMILES string of the molecule is CS(=O)(=O)n1c(NCc2cccc(Br)c2)c(-c2ccc(Br)cc2)c2ccccc21. The average molecular weight is 534 g/mol. The summed E-state index contributed by atoms with van der Waals surface area (Å²) in [6, 6.07) is 23.4. The summed E-state index contributed by atoms with van der Waals surface area (Å²) < 4.78 is 28.8. The number of benzene rings is 3. The van der Waals surface area contributed by atoms with Crippen LogP contribution in [0.5, 0.6) is 0 Å². The van der Waals surface area contributed by atoms with Crippen molar-refractivity contribution in [2.45, 2.75) is 6.54 Å². The number of hydrogen-bond donors (Lipinski definition) is 1. The Morgan fingerprint density at radius 3 is 2.31 bits per heavy atom. The van der Waals surface area contributed by atoms with Crippen LogP contribution in [-0.4, -0.2) is 18.6 Å². The van der Waals surface area contributed by atoms with Crippen molar-refractivity contribution in [3.8, 4) is 11.1 Å². The number of nitrogens with one attached hydrogen (secondary N) is 1. The second-order valence-electron chi connectivity index (χ2n) is 6.76. The van der Waals surface area contributed by atoms with Gasteiger partial charge in [0.05, 0.1) is 11.8 Å². The topological polar surface area (TPSA) is 51.1 Å². The van der Waals surface area contributed by atoms with E-state index in [1.807, 2.05) is 72.8 Å². The third-order valence-corrected chi connectivity index (χ3v) is 6.71. The van der Waals surface area contributed by atoms with Crippen molar-refractivity contribution >= 4 is 58.6 Å². The van der Waals surface area contributed by atoms with Crippen molar-refractivity contribution in [3.05, 3.63) is 87.3 Å². The van der Waals surface area contributed by atoms with E-state index >= 15 is 0 Å². The molecule has 0 fully saturated rings. The maximum absolute atomic E-state index is 12.7. The lowest BCUT2D eigenvalue weighted by Crippen LogP contribution is -2.14. The van der Waals surface area contributed by atoms with E-state index in [1.165, 1.54) is 10.2 Å². The normalized spacial score (nSPS) is 11.7. The van der Waals surface area contributed by atoms with Crippen LogP contribution in [-0.2, 0) is 16.6 Å². The standard InChI is InChI=1S/C22H18Br2N2O2S/c1-29(27,28)26-20-8-3-2-7-19(20)21(16-9-11-17(23)12-10-16)22(26)25-14-15-5-4-6-18(24)13-15/h2-13,25H,14H2,1H3. The highest BCUT2D eigenvalue weighted by Gasteiger charge is 2.23. The first-order valence-electron chi connectivity index (χ1n) is 8.93. The summed E-state index contributed by atoms with van der Waals surface area (Å²) in [6.07, 6.45) is 1.23. The van der Waals surface area contributed by atoms with Crippen molar-refractivity contribution in [1.29, 1.82) is 0 Å². The Balaban J connectivity index is 1.94.